The number of hydrogen-bond donors (Lipinski definition) is 0. The molecule has 122 valence electrons. The Bertz CT molecular complexity index is 530. The van der Waals surface area contributed by atoms with E-state index in [1.54, 1.807) is 11.0 Å². The maximum atomic E-state index is 12.9. The van der Waals surface area contributed by atoms with Crippen LogP contribution in [0.1, 0.15) is 50.5 Å². The van der Waals surface area contributed by atoms with Crippen LogP contribution in [0.2, 0.25) is 0 Å². The molecule has 1 aromatic rings. The molecular formula is C16H20F3NO2. The summed E-state index contributed by atoms with van der Waals surface area (Å²) in [4.78, 5) is 13.7. The largest absolute Gasteiger partial charge is 0.416 e. The number of amides is 1. The minimum Gasteiger partial charge on any atom is -0.349 e. The monoisotopic (exact) mass is 315 g/mol. The zero-order valence-corrected chi connectivity index (χ0v) is 12.7. The van der Waals surface area contributed by atoms with Gasteiger partial charge in [-0.3, -0.25) is 4.79 Å². The van der Waals surface area contributed by atoms with Crippen molar-refractivity contribution in [1.29, 1.82) is 0 Å². The van der Waals surface area contributed by atoms with Crippen LogP contribution in [0, 0.1) is 0 Å². The van der Waals surface area contributed by atoms with Crippen molar-refractivity contribution in [3.63, 3.8) is 0 Å². The van der Waals surface area contributed by atoms with Gasteiger partial charge in [-0.05, 0) is 25.0 Å². The summed E-state index contributed by atoms with van der Waals surface area (Å²) in [5.41, 5.74) is -0.355. The molecule has 22 heavy (non-hydrogen) atoms. The fraction of sp³-hybridized carbons (Fsp3) is 0.562. The van der Waals surface area contributed by atoms with E-state index in [4.69, 9.17) is 4.74 Å². The van der Waals surface area contributed by atoms with E-state index in [0.717, 1.165) is 12.1 Å². The maximum Gasteiger partial charge on any atom is 0.416 e. The molecule has 1 amide bonds. The highest BCUT2D eigenvalue weighted by atomic mass is 19.4. The topological polar surface area (TPSA) is 29.5 Å². The lowest BCUT2D eigenvalue weighted by Gasteiger charge is -2.24. The Morgan fingerprint density at radius 3 is 2.68 bits per heavy atom. The van der Waals surface area contributed by atoms with Gasteiger partial charge in [-0.15, -0.1) is 0 Å². The Balaban J connectivity index is 2.29. The van der Waals surface area contributed by atoms with Crippen LogP contribution in [0.25, 0.3) is 0 Å². The minimum absolute atomic E-state index is 0.0825. The van der Waals surface area contributed by atoms with Gasteiger partial charge in [0, 0.05) is 18.5 Å². The summed E-state index contributed by atoms with van der Waals surface area (Å²) in [6.45, 7) is 4.25. The average molecular weight is 315 g/mol. The van der Waals surface area contributed by atoms with Crippen molar-refractivity contribution in [3.05, 3.63) is 35.4 Å². The fourth-order valence-electron chi connectivity index (χ4n) is 2.56. The van der Waals surface area contributed by atoms with Crippen LogP contribution in [0.3, 0.4) is 0 Å². The summed E-state index contributed by atoms with van der Waals surface area (Å²) in [7, 11) is 0. The first kappa shape index (κ1) is 16.8. The third-order valence-corrected chi connectivity index (χ3v) is 3.74. The van der Waals surface area contributed by atoms with Gasteiger partial charge in [-0.2, -0.15) is 13.2 Å². The van der Waals surface area contributed by atoms with E-state index in [1.165, 1.54) is 6.07 Å². The molecule has 1 aromatic carbocycles. The summed E-state index contributed by atoms with van der Waals surface area (Å²) in [6.07, 6.45) is -3.49. The van der Waals surface area contributed by atoms with Crippen LogP contribution < -0.4 is 0 Å². The molecule has 1 fully saturated rings. The number of carbonyl (C=O) groups is 1. The van der Waals surface area contributed by atoms with E-state index in [9.17, 15) is 18.0 Å². The van der Waals surface area contributed by atoms with E-state index < -0.39 is 18.0 Å². The molecule has 0 radical (unpaired) electrons. The van der Waals surface area contributed by atoms with Crippen molar-refractivity contribution >= 4 is 5.91 Å². The number of halogens is 3. The summed E-state index contributed by atoms with van der Waals surface area (Å²) >= 11 is 0. The second-order valence-electron chi connectivity index (χ2n) is 5.44. The normalized spacial score (nSPS) is 22.1. The first-order valence-corrected chi connectivity index (χ1v) is 7.48. The van der Waals surface area contributed by atoms with Crippen LogP contribution in [-0.4, -0.2) is 23.5 Å². The van der Waals surface area contributed by atoms with Crippen molar-refractivity contribution in [2.45, 2.75) is 51.6 Å². The average Bonchev–Trinajstić information content (AvgIpc) is 2.91. The van der Waals surface area contributed by atoms with Gasteiger partial charge in [-0.25, -0.2) is 0 Å². The van der Waals surface area contributed by atoms with E-state index >= 15 is 0 Å². The summed E-state index contributed by atoms with van der Waals surface area (Å²) in [5, 5.41) is 0. The zero-order valence-electron chi connectivity index (χ0n) is 12.7. The molecule has 0 aliphatic carbocycles. The van der Waals surface area contributed by atoms with E-state index in [1.807, 2.05) is 13.8 Å². The predicted molar refractivity (Wildman–Crippen MR) is 76.0 cm³/mol. The van der Waals surface area contributed by atoms with Crippen molar-refractivity contribution in [3.8, 4) is 0 Å². The molecule has 1 heterocycles. The van der Waals surface area contributed by atoms with E-state index in [0.29, 0.717) is 31.4 Å². The predicted octanol–water partition coefficient (Wildman–Crippen LogP) is 4.14. The number of carbonyl (C=O) groups excluding carboxylic acids is 1. The maximum absolute atomic E-state index is 12.9. The summed E-state index contributed by atoms with van der Waals surface area (Å²) < 4.78 is 44.3. The van der Waals surface area contributed by atoms with E-state index in [2.05, 4.69) is 0 Å². The van der Waals surface area contributed by atoms with Gasteiger partial charge in [-0.1, -0.05) is 26.0 Å². The Kier molecular flexibility index (Phi) is 5.11. The van der Waals surface area contributed by atoms with Crippen molar-refractivity contribution in [2.75, 3.05) is 6.54 Å². The lowest BCUT2D eigenvalue weighted by molar-refractivity contribution is -0.138. The molecule has 6 heteroatoms. The van der Waals surface area contributed by atoms with Crippen LogP contribution in [0.15, 0.2) is 24.3 Å². The van der Waals surface area contributed by atoms with Gasteiger partial charge in [0.05, 0.1) is 11.7 Å². The van der Waals surface area contributed by atoms with Crippen LogP contribution in [0.4, 0.5) is 13.2 Å². The number of nitrogens with zero attached hydrogens (tertiary/aromatic N) is 1. The number of benzene rings is 1. The second-order valence-corrected chi connectivity index (χ2v) is 5.44. The highest BCUT2D eigenvalue weighted by molar-refractivity contribution is 5.76. The summed E-state index contributed by atoms with van der Waals surface area (Å²) in [6, 6.07) is 5.01. The first-order valence-electron chi connectivity index (χ1n) is 7.48. The quantitative estimate of drug-likeness (QED) is 0.835. The van der Waals surface area contributed by atoms with Crippen LogP contribution >= 0.6 is 0 Å². The lowest BCUT2D eigenvalue weighted by atomic mass is 10.1. The van der Waals surface area contributed by atoms with E-state index in [-0.39, 0.29) is 12.0 Å². The first-order chi connectivity index (χ1) is 10.4. The second kappa shape index (κ2) is 6.69. The molecule has 0 N–H and O–H groups in total. The molecular weight excluding hydrogens is 295 g/mol. The minimum atomic E-state index is -4.41. The third kappa shape index (κ3) is 3.61. The zero-order chi connectivity index (χ0) is 16.3. The standard InChI is InChI=1S/C16H20F3NO2/c1-3-6-14(21)20-10-13(4-2)22-15(20)11-7-5-8-12(9-11)16(17,18)19/h5,7-9,13,15H,3-4,6,10H2,1-2H3. The number of alkyl halides is 3. The molecule has 3 nitrogen and oxygen atoms in total. The van der Waals surface area contributed by atoms with Crippen molar-refractivity contribution in [2.24, 2.45) is 0 Å². The van der Waals surface area contributed by atoms with Crippen LogP contribution in [-0.2, 0) is 15.7 Å². The van der Waals surface area contributed by atoms with Crippen LogP contribution in [0.5, 0.6) is 0 Å². The molecule has 0 spiro atoms. The molecule has 2 atom stereocenters. The number of rotatable bonds is 4. The smallest absolute Gasteiger partial charge is 0.349 e. The van der Waals surface area contributed by atoms with Crippen molar-refractivity contribution < 1.29 is 22.7 Å². The summed E-state index contributed by atoms with van der Waals surface area (Å²) in [5.74, 6) is -0.0825. The fourth-order valence-corrected chi connectivity index (χ4v) is 2.56. The molecule has 0 saturated carbocycles. The SMILES string of the molecule is CCCC(=O)N1CC(CC)OC1c1cccc(C(F)(F)F)c1. The highest BCUT2D eigenvalue weighted by Crippen LogP contribution is 2.35. The van der Waals surface area contributed by atoms with Gasteiger partial charge in [0.25, 0.3) is 0 Å². The lowest BCUT2D eigenvalue weighted by Crippen LogP contribution is -2.31. The Morgan fingerprint density at radius 2 is 2.09 bits per heavy atom. The molecule has 2 unspecified atom stereocenters. The van der Waals surface area contributed by atoms with Gasteiger partial charge >= 0.3 is 6.18 Å². The Hall–Kier alpha value is -1.56. The highest BCUT2D eigenvalue weighted by Gasteiger charge is 2.37. The van der Waals surface area contributed by atoms with Gasteiger partial charge in [0.2, 0.25) is 5.91 Å². The molecule has 0 aromatic heterocycles. The third-order valence-electron chi connectivity index (χ3n) is 3.74. The number of hydrogen-bond acceptors (Lipinski definition) is 2. The molecule has 1 aliphatic rings. The molecule has 1 aliphatic heterocycles. The van der Waals surface area contributed by atoms with Gasteiger partial charge < -0.3 is 9.64 Å². The molecule has 0 bridgehead atoms. The Morgan fingerprint density at radius 1 is 1.36 bits per heavy atom. The number of ether oxygens (including phenoxy) is 1. The molecule has 1 saturated heterocycles. The van der Waals surface area contributed by atoms with Crippen molar-refractivity contribution in [1.82, 2.24) is 4.90 Å². The molecule has 2 rings (SSSR count). The van der Waals surface area contributed by atoms with Gasteiger partial charge in [0.15, 0.2) is 6.23 Å². The van der Waals surface area contributed by atoms with Gasteiger partial charge in [0.1, 0.15) is 0 Å². The Labute approximate surface area is 128 Å².